The number of carboxylic acid groups (broad SMARTS) is 1. The topological polar surface area (TPSA) is 122 Å². The molecule has 0 aliphatic heterocycles. The van der Waals surface area contributed by atoms with Gasteiger partial charge in [-0.05, 0) is 12.5 Å². The summed E-state index contributed by atoms with van der Waals surface area (Å²) in [6.45, 7) is 1.52. The Hall–Kier alpha value is -3.68. The highest BCUT2D eigenvalue weighted by atomic mass is 16.6. The number of methoxy groups -OCH3 is 1. The highest BCUT2D eigenvalue weighted by Gasteiger charge is 2.21. The Balaban J connectivity index is 2.52. The summed E-state index contributed by atoms with van der Waals surface area (Å²) >= 11 is 0. The molecule has 0 spiro atoms. The summed E-state index contributed by atoms with van der Waals surface area (Å²) in [5.74, 6) is -0.989. The van der Waals surface area contributed by atoms with E-state index in [9.17, 15) is 25.2 Å². The van der Waals surface area contributed by atoms with Gasteiger partial charge in [0.15, 0.2) is 0 Å². The van der Waals surface area contributed by atoms with Crippen molar-refractivity contribution in [2.24, 2.45) is 5.16 Å². The molecule has 0 aliphatic rings. The SMILES string of the molecule is CO/C(C)=C(/C(=O)O)c1ccccc1C(Cc1cccc([N+](=O)[O-])c1)=NO. The fraction of sp³-hybridized carbons (Fsp3) is 0.158. The van der Waals surface area contributed by atoms with E-state index in [0.29, 0.717) is 16.7 Å². The van der Waals surface area contributed by atoms with Gasteiger partial charge in [0.1, 0.15) is 11.3 Å². The van der Waals surface area contributed by atoms with Crippen LogP contribution in [-0.4, -0.2) is 34.0 Å². The van der Waals surface area contributed by atoms with Gasteiger partial charge in [-0.25, -0.2) is 4.79 Å². The first-order valence-corrected chi connectivity index (χ1v) is 7.91. The number of allylic oxidation sites excluding steroid dienone is 1. The van der Waals surface area contributed by atoms with Crippen LogP contribution in [0.5, 0.6) is 0 Å². The summed E-state index contributed by atoms with van der Waals surface area (Å²) in [4.78, 5) is 22.2. The number of oxime groups is 1. The zero-order valence-corrected chi connectivity index (χ0v) is 14.7. The third kappa shape index (κ3) is 4.49. The van der Waals surface area contributed by atoms with E-state index in [4.69, 9.17) is 4.74 Å². The van der Waals surface area contributed by atoms with Gasteiger partial charge in [0.2, 0.25) is 0 Å². The molecule has 2 aromatic rings. The van der Waals surface area contributed by atoms with Crippen LogP contribution in [0.4, 0.5) is 5.69 Å². The zero-order valence-electron chi connectivity index (χ0n) is 14.7. The number of hydrogen-bond donors (Lipinski definition) is 2. The molecular weight excluding hydrogens is 352 g/mol. The summed E-state index contributed by atoms with van der Waals surface area (Å²) in [7, 11) is 1.37. The zero-order chi connectivity index (χ0) is 20.0. The Morgan fingerprint density at radius 3 is 2.41 bits per heavy atom. The molecule has 0 aliphatic carbocycles. The van der Waals surface area contributed by atoms with Gasteiger partial charge in [-0.3, -0.25) is 10.1 Å². The van der Waals surface area contributed by atoms with Gasteiger partial charge in [0.05, 0.1) is 17.7 Å². The normalized spacial score (nSPS) is 12.3. The maximum absolute atomic E-state index is 11.7. The number of hydrogen-bond acceptors (Lipinski definition) is 6. The van der Waals surface area contributed by atoms with Crippen LogP contribution in [0.25, 0.3) is 5.57 Å². The highest BCUT2D eigenvalue weighted by molar-refractivity contribution is 6.19. The van der Waals surface area contributed by atoms with E-state index in [1.165, 1.54) is 32.2 Å². The van der Waals surface area contributed by atoms with Gasteiger partial charge in [0.25, 0.3) is 5.69 Å². The molecule has 0 heterocycles. The van der Waals surface area contributed by atoms with E-state index in [0.717, 1.165) is 0 Å². The molecule has 0 aromatic heterocycles. The van der Waals surface area contributed by atoms with Crippen molar-refractivity contribution in [1.82, 2.24) is 0 Å². The van der Waals surface area contributed by atoms with E-state index in [2.05, 4.69) is 5.16 Å². The monoisotopic (exact) mass is 370 g/mol. The predicted molar refractivity (Wildman–Crippen MR) is 98.8 cm³/mol. The van der Waals surface area contributed by atoms with Gasteiger partial charge in [-0.1, -0.05) is 41.6 Å². The maximum atomic E-state index is 11.7. The fourth-order valence-corrected chi connectivity index (χ4v) is 2.67. The lowest BCUT2D eigenvalue weighted by atomic mass is 9.93. The number of aliphatic carboxylic acids is 1. The van der Waals surface area contributed by atoms with Crippen molar-refractivity contribution in [2.45, 2.75) is 13.3 Å². The molecule has 0 unspecified atom stereocenters. The number of non-ortho nitro benzene ring substituents is 1. The summed E-state index contributed by atoms with van der Waals surface area (Å²) in [6, 6.07) is 12.5. The average molecular weight is 370 g/mol. The van der Waals surface area contributed by atoms with Gasteiger partial charge >= 0.3 is 5.97 Å². The molecule has 0 fully saturated rings. The van der Waals surface area contributed by atoms with Crippen molar-refractivity contribution < 1.29 is 24.8 Å². The number of benzene rings is 2. The lowest BCUT2D eigenvalue weighted by molar-refractivity contribution is -0.384. The second-order valence-corrected chi connectivity index (χ2v) is 5.64. The number of carboxylic acids is 1. The lowest BCUT2D eigenvalue weighted by Crippen LogP contribution is -2.12. The second-order valence-electron chi connectivity index (χ2n) is 5.64. The van der Waals surface area contributed by atoms with E-state index < -0.39 is 10.9 Å². The molecule has 2 rings (SSSR count). The average Bonchev–Trinajstić information content (AvgIpc) is 2.66. The molecule has 0 atom stereocenters. The van der Waals surface area contributed by atoms with Crippen molar-refractivity contribution >= 4 is 22.9 Å². The summed E-state index contributed by atoms with van der Waals surface area (Å²) < 4.78 is 5.08. The second kappa shape index (κ2) is 8.61. The molecule has 0 amide bonds. The number of nitro benzene ring substituents is 1. The Morgan fingerprint density at radius 2 is 1.85 bits per heavy atom. The lowest BCUT2D eigenvalue weighted by Gasteiger charge is -2.14. The molecule has 0 saturated heterocycles. The quantitative estimate of drug-likeness (QED) is 0.192. The number of nitro groups is 1. The van der Waals surface area contributed by atoms with Gasteiger partial charge in [-0.15, -0.1) is 0 Å². The summed E-state index contributed by atoms with van der Waals surface area (Å²) in [6.07, 6.45) is 0.0775. The minimum atomic E-state index is -1.19. The van der Waals surface area contributed by atoms with E-state index in [-0.39, 0.29) is 29.2 Å². The standard InChI is InChI=1S/C19H18N2O6/c1-12(27-2)18(19(22)23)16-9-4-3-8-15(16)17(20-24)11-13-6-5-7-14(10-13)21(25)26/h3-10,24H,11H2,1-2H3,(H,22,23)/b18-12+,20-17?. The molecule has 0 radical (unpaired) electrons. The van der Waals surface area contributed by atoms with E-state index in [1.54, 1.807) is 30.3 Å². The maximum Gasteiger partial charge on any atom is 0.339 e. The van der Waals surface area contributed by atoms with Crippen LogP contribution in [0.3, 0.4) is 0 Å². The smallest absolute Gasteiger partial charge is 0.339 e. The highest BCUT2D eigenvalue weighted by Crippen LogP contribution is 2.25. The molecule has 27 heavy (non-hydrogen) atoms. The number of rotatable bonds is 7. The minimum Gasteiger partial charge on any atom is -0.500 e. The molecule has 2 aromatic carbocycles. The Bertz CT molecular complexity index is 933. The molecular formula is C19H18N2O6. The van der Waals surface area contributed by atoms with Crippen LogP contribution in [0, 0.1) is 10.1 Å². The molecule has 0 saturated carbocycles. The summed E-state index contributed by atoms with van der Waals surface area (Å²) in [5, 5.41) is 33.4. The molecule has 0 bridgehead atoms. The first-order valence-electron chi connectivity index (χ1n) is 7.91. The van der Waals surface area contributed by atoms with Crippen LogP contribution >= 0.6 is 0 Å². The third-order valence-corrected chi connectivity index (χ3v) is 3.99. The van der Waals surface area contributed by atoms with E-state index in [1.807, 2.05) is 0 Å². The van der Waals surface area contributed by atoms with Crippen LogP contribution in [0.15, 0.2) is 59.4 Å². The largest absolute Gasteiger partial charge is 0.500 e. The third-order valence-electron chi connectivity index (χ3n) is 3.99. The number of nitrogens with zero attached hydrogens (tertiary/aromatic N) is 2. The van der Waals surface area contributed by atoms with Crippen molar-refractivity contribution in [1.29, 1.82) is 0 Å². The Labute approximate surface area is 155 Å². The van der Waals surface area contributed by atoms with Crippen LogP contribution < -0.4 is 0 Å². The van der Waals surface area contributed by atoms with Gasteiger partial charge in [0, 0.05) is 29.7 Å². The Morgan fingerprint density at radius 1 is 1.19 bits per heavy atom. The van der Waals surface area contributed by atoms with Gasteiger partial charge in [-0.2, -0.15) is 0 Å². The van der Waals surface area contributed by atoms with E-state index >= 15 is 0 Å². The first kappa shape index (κ1) is 19.6. The van der Waals surface area contributed by atoms with Gasteiger partial charge < -0.3 is 15.1 Å². The molecule has 140 valence electrons. The number of ether oxygens (including phenoxy) is 1. The number of carbonyl (C=O) groups is 1. The predicted octanol–water partition coefficient (Wildman–Crippen LogP) is 3.48. The van der Waals surface area contributed by atoms with Crippen molar-refractivity contribution in [2.75, 3.05) is 7.11 Å². The Kier molecular flexibility index (Phi) is 6.27. The van der Waals surface area contributed by atoms with Crippen LogP contribution in [0.1, 0.15) is 23.6 Å². The van der Waals surface area contributed by atoms with Crippen molar-refractivity contribution in [3.05, 3.63) is 81.1 Å². The van der Waals surface area contributed by atoms with Crippen LogP contribution in [0.2, 0.25) is 0 Å². The van der Waals surface area contributed by atoms with Crippen molar-refractivity contribution in [3.8, 4) is 0 Å². The van der Waals surface area contributed by atoms with Crippen LogP contribution in [-0.2, 0) is 16.0 Å². The summed E-state index contributed by atoms with van der Waals surface area (Å²) in [5.41, 5.74) is 1.29. The fourth-order valence-electron chi connectivity index (χ4n) is 2.67. The molecule has 8 nitrogen and oxygen atoms in total. The molecule has 2 N–H and O–H groups in total. The molecule has 8 heteroatoms. The minimum absolute atomic E-state index is 0.0618. The van der Waals surface area contributed by atoms with Crippen molar-refractivity contribution in [3.63, 3.8) is 0 Å². The first-order chi connectivity index (χ1) is 12.9.